The number of carbonyl (C=O) groups excluding carboxylic acids is 1. The highest BCUT2D eigenvalue weighted by atomic mass is 16.3. The second-order valence-electron chi connectivity index (χ2n) is 5.92. The third kappa shape index (κ3) is 6.36. The average molecular weight is 264 g/mol. The molecule has 0 unspecified atom stereocenters. The Bertz CT molecular complexity index is 398. The SMILES string of the molecule is CN(CC(=O)NC(C)(C)C)C[C@@H](O)c1ccccc1. The van der Waals surface area contributed by atoms with Crippen LogP contribution >= 0.6 is 0 Å². The molecule has 1 amide bonds. The largest absolute Gasteiger partial charge is 0.387 e. The molecule has 0 bridgehead atoms. The Morgan fingerprint density at radius 2 is 1.89 bits per heavy atom. The maximum absolute atomic E-state index is 11.8. The summed E-state index contributed by atoms with van der Waals surface area (Å²) in [6.45, 7) is 6.56. The van der Waals surface area contributed by atoms with E-state index in [1.165, 1.54) is 0 Å². The van der Waals surface area contributed by atoms with E-state index in [4.69, 9.17) is 0 Å². The van der Waals surface area contributed by atoms with Gasteiger partial charge < -0.3 is 10.4 Å². The molecule has 0 aliphatic heterocycles. The molecule has 0 saturated carbocycles. The zero-order valence-corrected chi connectivity index (χ0v) is 12.2. The van der Waals surface area contributed by atoms with Crippen molar-refractivity contribution in [3.8, 4) is 0 Å². The quantitative estimate of drug-likeness (QED) is 0.848. The van der Waals surface area contributed by atoms with Crippen LogP contribution in [0.25, 0.3) is 0 Å². The lowest BCUT2D eigenvalue weighted by molar-refractivity contribution is -0.123. The number of hydrogen-bond donors (Lipinski definition) is 2. The van der Waals surface area contributed by atoms with Crippen molar-refractivity contribution in [2.75, 3.05) is 20.1 Å². The standard InChI is InChI=1S/C15H24N2O2/c1-15(2,3)16-14(19)11-17(4)10-13(18)12-8-6-5-7-9-12/h5-9,13,18H,10-11H2,1-4H3,(H,16,19)/t13-/m1/s1. The number of amides is 1. The van der Waals surface area contributed by atoms with E-state index in [1.807, 2.05) is 63.1 Å². The maximum Gasteiger partial charge on any atom is 0.234 e. The normalized spacial score (nSPS) is 13.4. The van der Waals surface area contributed by atoms with Crippen molar-refractivity contribution < 1.29 is 9.90 Å². The molecule has 106 valence electrons. The number of rotatable bonds is 5. The second-order valence-corrected chi connectivity index (χ2v) is 5.92. The lowest BCUT2D eigenvalue weighted by Crippen LogP contribution is -2.45. The number of carbonyl (C=O) groups is 1. The molecule has 0 saturated heterocycles. The summed E-state index contributed by atoms with van der Waals surface area (Å²) in [7, 11) is 1.83. The van der Waals surface area contributed by atoms with Crippen LogP contribution in [-0.2, 0) is 4.79 Å². The number of aliphatic hydroxyl groups excluding tert-OH is 1. The molecule has 1 atom stereocenters. The van der Waals surface area contributed by atoms with Gasteiger partial charge in [-0.2, -0.15) is 0 Å². The molecule has 1 rings (SSSR count). The summed E-state index contributed by atoms with van der Waals surface area (Å²) >= 11 is 0. The van der Waals surface area contributed by atoms with Crippen molar-refractivity contribution in [3.63, 3.8) is 0 Å². The number of likely N-dealkylation sites (N-methyl/N-ethyl adjacent to an activating group) is 1. The first-order valence-corrected chi connectivity index (χ1v) is 6.50. The number of benzene rings is 1. The van der Waals surface area contributed by atoms with E-state index in [1.54, 1.807) is 0 Å². The van der Waals surface area contributed by atoms with Gasteiger partial charge in [0.05, 0.1) is 12.6 Å². The van der Waals surface area contributed by atoms with Crippen LogP contribution < -0.4 is 5.32 Å². The van der Waals surface area contributed by atoms with Gasteiger partial charge in [0, 0.05) is 12.1 Å². The zero-order chi connectivity index (χ0) is 14.5. The van der Waals surface area contributed by atoms with Crippen molar-refractivity contribution in [1.29, 1.82) is 0 Å². The van der Waals surface area contributed by atoms with E-state index in [2.05, 4.69) is 5.32 Å². The molecule has 1 aromatic carbocycles. The summed E-state index contributed by atoms with van der Waals surface area (Å²) in [5, 5.41) is 13.0. The third-order valence-electron chi connectivity index (χ3n) is 2.60. The van der Waals surface area contributed by atoms with Crippen LogP contribution in [0.3, 0.4) is 0 Å². The Labute approximate surface area is 115 Å². The van der Waals surface area contributed by atoms with Gasteiger partial charge in [-0.25, -0.2) is 0 Å². The van der Waals surface area contributed by atoms with E-state index in [-0.39, 0.29) is 18.0 Å². The molecule has 1 aromatic rings. The van der Waals surface area contributed by atoms with Crippen LogP contribution in [0.1, 0.15) is 32.4 Å². The second kappa shape index (κ2) is 6.68. The highest BCUT2D eigenvalue weighted by Crippen LogP contribution is 2.12. The van der Waals surface area contributed by atoms with E-state index < -0.39 is 6.10 Å². The van der Waals surface area contributed by atoms with Gasteiger partial charge in [-0.15, -0.1) is 0 Å². The average Bonchev–Trinajstić information content (AvgIpc) is 2.27. The predicted octanol–water partition coefficient (Wildman–Crippen LogP) is 1.57. The third-order valence-corrected chi connectivity index (χ3v) is 2.60. The van der Waals surface area contributed by atoms with Gasteiger partial charge in [-0.05, 0) is 33.4 Å². The van der Waals surface area contributed by atoms with E-state index in [9.17, 15) is 9.90 Å². The van der Waals surface area contributed by atoms with E-state index in [0.29, 0.717) is 6.54 Å². The molecule has 0 spiro atoms. The van der Waals surface area contributed by atoms with Gasteiger partial charge in [0.2, 0.25) is 5.91 Å². The Morgan fingerprint density at radius 1 is 1.32 bits per heavy atom. The number of aliphatic hydroxyl groups is 1. The predicted molar refractivity (Wildman–Crippen MR) is 76.8 cm³/mol. The Morgan fingerprint density at radius 3 is 2.42 bits per heavy atom. The van der Waals surface area contributed by atoms with Gasteiger partial charge in [0.25, 0.3) is 0 Å². The first kappa shape index (κ1) is 15.7. The monoisotopic (exact) mass is 264 g/mol. The molecule has 0 aromatic heterocycles. The molecule has 4 nitrogen and oxygen atoms in total. The fraction of sp³-hybridized carbons (Fsp3) is 0.533. The van der Waals surface area contributed by atoms with E-state index in [0.717, 1.165) is 5.56 Å². The topological polar surface area (TPSA) is 52.6 Å². The minimum atomic E-state index is -0.575. The van der Waals surface area contributed by atoms with Crippen LogP contribution in [-0.4, -0.2) is 41.6 Å². The fourth-order valence-electron chi connectivity index (χ4n) is 1.84. The maximum atomic E-state index is 11.8. The summed E-state index contributed by atoms with van der Waals surface area (Å²) in [6.07, 6.45) is -0.575. The molecule has 0 heterocycles. The lowest BCUT2D eigenvalue weighted by atomic mass is 10.1. The fourth-order valence-corrected chi connectivity index (χ4v) is 1.84. The summed E-state index contributed by atoms with van der Waals surface area (Å²) in [5.74, 6) is -0.0322. The number of hydrogen-bond acceptors (Lipinski definition) is 3. The van der Waals surface area contributed by atoms with Crippen molar-refractivity contribution >= 4 is 5.91 Å². The van der Waals surface area contributed by atoms with Crippen LogP contribution in [0.4, 0.5) is 0 Å². The van der Waals surface area contributed by atoms with Gasteiger partial charge >= 0.3 is 0 Å². The zero-order valence-electron chi connectivity index (χ0n) is 12.2. The van der Waals surface area contributed by atoms with Gasteiger partial charge in [0.15, 0.2) is 0 Å². The van der Waals surface area contributed by atoms with Crippen LogP contribution in [0, 0.1) is 0 Å². The first-order valence-electron chi connectivity index (χ1n) is 6.50. The molecular weight excluding hydrogens is 240 g/mol. The van der Waals surface area contributed by atoms with Crippen molar-refractivity contribution in [2.24, 2.45) is 0 Å². The van der Waals surface area contributed by atoms with Crippen LogP contribution in [0.5, 0.6) is 0 Å². The first-order chi connectivity index (χ1) is 8.78. The Kier molecular flexibility index (Phi) is 5.51. The minimum absolute atomic E-state index is 0.0322. The molecule has 4 heteroatoms. The Hall–Kier alpha value is -1.39. The summed E-state index contributed by atoms with van der Waals surface area (Å²) in [6, 6.07) is 9.47. The molecule has 0 aliphatic carbocycles. The smallest absolute Gasteiger partial charge is 0.234 e. The highest BCUT2D eigenvalue weighted by Gasteiger charge is 2.17. The summed E-state index contributed by atoms with van der Waals surface area (Å²) in [5.41, 5.74) is 0.640. The molecule has 0 fully saturated rings. The molecule has 0 aliphatic rings. The summed E-state index contributed by atoms with van der Waals surface area (Å²) < 4.78 is 0. The van der Waals surface area contributed by atoms with Crippen LogP contribution in [0.2, 0.25) is 0 Å². The van der Waals surface area contributed by atoms with Crippen molar-refractivity contribution in [1.82, 2.24) is 10.2 Å². The van der Waals surface area contributed by atoms with Crippen LogP contribution in [0.15, 0.2) is 30.3 Å². The number of nitrogens with one attached hydrogen (secondary N) is 1. The molecular formula is C15H24N2O2. The molecule has 2 N–H and O–H groups in total. The minimum Gasteiger partial charge on any atom is -0.387 e. The van der Waals surface area contributed by atoms with Crippen molar-refractivity contribution in [3.05, 3.63) is 35.9 Å². The van der Waals surface area contributed by atoms with Gasteiger partial charge in [-0.3, -0.25) is 9.69 Å². The van der Waals surface area contributed by atoms with Gasteiger partial charge in [-0.1, -0.05) is 30.3 Å². The number of nitrogens with zero attached hydrogens (tertiary/aromatic N) is 1. The van der Waals surface area contributed by atoms with Crippen molar-refractivity contribution in [2.45, 2.75) is 32.4 Å². The molecule has 0 radical (unpaired) electrons. The van der Waals surface area contributed by atoms with Gasteiger partial charge in [0.1, 0.15) is 0 Å². The highest BCUT2D eigenvalue weighted by molar-refractivity contribution is 5.78. The Balaban J connectivity index is 2.43. The lowest BCUT2D eigenvalue weighted by Gasteiger charge is -2.24. The molecule has 19 heavy (non-hydrogen) atoms. The summed E-state index contributed by atoms with van der Waals surface area (Å²) in [4.78, 5) is 13.6. The van der Waals surface area contributed by atoms with E-state index >= 15 is 0 Å².